The molecule has 2 heteroatoms. The van der Waals surface area contributed by atoms with E-state index in [4.69, 9.17) is 4.74 Å². The Morgan fingerprint density at radius 3 is 2.89 bits per heavy atom. The van der Waals surface area contributed by atoms with Crippen LogP contribution in [0.25, 0.3) is 0 Å². The molecular weight excluding hydrogens is 234 g/mol. The van der Waals surface area contributed by atoms with Crippen molar-refractivity contribution >= 4 is 0 Å². The molecule has 0 spiro atoms. The summed E-state index contributed by atoms with van der Waals surface area (Å²) in [4.78, 5) is 0. The van der Waals surface area contributed by atoms with Gasteiger partial charge in [0, 0.05) is 0 Å². The average Bonchev–Trinajstić information content (AvgIpc) is 2.43. The second-order valence-electron chi connectivity index (χ2n) is 6.41. The number of fused-ring (bicyclic) bond motifs is 1. The molecular formula is C17H27NO. The van der Waals surface area contributed by atoms with E-state index in [0.29, 0.717) is 5.41 Å². The van der Waals surface area contributed by atoms with E-state index in [-0.39, 0.29) is 0 Å². The highest BCUT2D eigenvalue weighted by molar-refractivity contribution is 5.38. The third-order valence-corrected chi connectivity index (χ3v) is 4.12. The highest BCUT2D eigenvalue weighted by Crippen LogP contribution is 2.29. The molecule has 1 aromatic carbocycles. The van der Waals surface area contributed by atoms with Gasteiger partial charge in [0.2, 0.25) is 0 Å². The molecule has 19 heavy (non-hydrogen) atoms. The molecule has 0 radical (unpaired) electrons. The lowest BCUT2D eigenvalue weighted by Crippen LogP contribution is -2.20. The molecule has 0 amide bonds. The second kappa shape index (κ2) is 6.42. The van der Waals surface area contributed by atoms with Crippen molar-refractivity contribution in [2.24, 2.45) is 5.41 Å². The number of ether oxygens (including phenoxy) is 1. The first-order chi connectivity index (χ1) is 9.11. The second-order valence-corrected chi connectivity index (χ2v) is 6.41. The number of hydrogen-bond acceptors (Lipinski definition) is 2. The summed E-state index contributed by atoms with van der Waals surface area (Å²) in [5.74, 6) is 1.10. The van der Waals surface area contributed by atoms with Crippen LogP contribution in [0.1, 0.15) is 44.2 Å². The van der Waals surface area contributed by atoms with Gasteiger partial charge < -0.3 is 10.1 Å². The Kier molecular flexibility index (Phi) is 4.87. The van der Waals surface area contributed by atoms with Gasteiger partial charge in [0.05, 0.1) is 6.61 Å². The fourth-order valence-electron chi connectivity index (χ4n) is 2.64. The first-order valence-corrected chi connectivity index (χ1v) is 7.50. The largest absolute Gasteiger partial charge is 0.493 e. The molecule has 0 saturated carbocycles. The molecule has 1 N–H and O–H groups in total. The fraction of sp³-hybridized carbons (Fsp3) is 0.647. The van der Waals surface area contributed by atoms with Crippen molar-refractivity contribution in [2.75, 3.05) is 20.2 Å². The van der Waals surface area contributed by atoms with E-state index in [9.17, 15) is 0 Å². The molecule has 0 saturated heterocycles. The molecule has 0 bridgehead atoms. The van der Waals surface area contributed by atoms with Gasteiger partial charge in [-0.1, -0.05) is 26.0 Å². The quantitative estimate of drug-likeness (QED) is 0.845. The molecule has 0 atom stereocenters. The van der Waals surface area contributed by atoms with E-state index in [0.717, 1.165) is 25.3 Å². The van der Waals surface area contributed by atoms with Crippen molar-refractivity contribution in [3.63, 3.8) is 0 Å². The third kappa shape index (κ3) is 4.24. The minimum atomic E-state index is 0.412. The number of hydrogen-bond donors (Lipinski definition) is 1. The summed E-state index contributed by atoms with van der Waals surface area (Å²) >= 11 is 0. The van der Waals surface area contributed by atoms with E-state index in [1.165, 1.54) is 36.8 Å². The van der Waals surface area contributed by atoms with Crippen molar-refractivity contribution in [1.82, 2.24) is 5.32 Å². The number of benzene rings is 1. The van der Waals surface area contributed by atoms with Gasteiger partial charge in [-0.05, 0) is 68.3 Å². The first-order valence-electron chi connectivity index (χ1n) is 7.50. The Morgan fingerprint density at radius 1 is 1.26 bits per heavy atom. The van der Waals surface area contributed by atoms with Gasteiger partial charge in [0.1, 0.15) is 5.75 Å². The maximum Gasteiger partial charge on any atom is 0.122 e. The van der Waals surface area contributed by atoms with Crippen molar-refractivity contribution in [1.29, 1.82) is 0 Å². The fourth-order valence-corrected chi connectivity index (χ4v) is 2.64. The predicted molar refractivity (Wildman–Crippen MR) is 80.9 cm³/mol. The lowest BCUT2D eigenvalue weighted by molar-refractivity contribution is 0.287. The summed E-state index contributed by atoms with van der Waals surface area (Å²) in [7, 11) is 2.03. The molecule has 0 fully saturated rings. The van der Waals surface area contributed by atoms with Gasteiger partial charge in [0.15, 0.2) is 0 Å². The zero-order valence-corrected chi connectivity index (χ0v) is 12.6. The molecule has 2 rings (SSSR count). The summed E-state index contributed by atoms with van der Waals surface area (Å²) < 4.78 is 5.67. The number of aryl methyl sites for hydroxylation is 2. The zero-order chi connectivity index (χ0) is 13.7. The van der Waals surface area contributed by atoms with Crippen LogP contribution in [0.15, 0.2) is 18.2 Å². The first kappa shape index (κ1) is 14.4. The lowest BCUT2D eigenvalue weighted by atomic mass is 9.83. The van der Waals surface area contributed by atoms with Crippen LogP contribution in [0.2, 0.25) is 0 Å². The van der Waals surface area contributed by atoms with Crippen LogP contribution in [0.3, 0.4) is 0 Å². The monoisotopic (exact) mass is 261 g/mol. The summed E-state index contributed by atoms with van der Waals surface area (Å²) in [6.45, 7) is 6.71. The molecule has 1 heterocycles. The Hall–Kier alpha value is -1.02. The highest BCUT2D eigenvalue weighted by atomic mass is 16.5. The van der Waals surface area contributed by atoms with E-state index in [1.54, 1.807) is 0 Å². The molecule has 0 aromatic heterocycles. The minimum Gasteiger partial charge on any atom is -0.493 e. The topological polar surface area (TPSA) is 21.3 Å². The summed E-state index contributed by atoms with van der Waals surface area (Å²) in [6, 6.07) is 6.74. The van der Waals surface area contributed by atoms with E-state index < -0.39 is 0 Å². The number of nitrogens with one attached hydrogen (secondary N) is 1. The minimum absolute atomic E-state index is 0.412. The Bertz CT molecular complexity index is 412. The van der Waals surface area contributed by atoms with E-state index >= 15 is 0 Å². The normalized spacial score (nSPS) is 14.9. The Balaban J connectivity index is 1.92. The van der Waals surface area contributed by atoms with Crippen molar-refractivity contribution in [3.8, 4) is 5.75 Å². The van der Waals surface area contributed by atoms with E-state index in [1.807, 2.05) is 7.05 Å². The zero-order valence-electron chi connectivity index (χ0n) is 12.6. The molecule has 2 nitrogen and oxygen atoms in total. The summed E-state index contributed by atoms with van der Waals surface area (Å²) in [5.41, 5.74) is 3.27. The third-order valence-electron chi connectivity index (χ3n) is 4.12. The van der Waals surface area contributed by atoms with Gasteiger partial charge in [-0.2, -0.15) is 0 Å². The van der Waals surface area contributed by atoms with Gasteiger partial charge in [-0.25, -0.2) is 0 Å². The summed E-state index contributed by atoms with van der Waals surface area (Å²) in [5, 5.41) is 3.25. The van der Waals surface area contributed by atoms with Crippen molar-refractivity contribution in [3.05, 3.63) is 29.3 Å². The number of rotatable bonds is 6. The summed E-state index contributed by atoms with van der Waals surface area (Å²) in [6.07, 6.45) is 5.98. The Morgan fingerprint density at radius 2 is 2.11 bits per heavy atom. The SMILES string of the molecule is CNCCC(C)(C)CCc1ccc2c(c1)CCCO2. The smallest absolute Gasteiger partial charge is 0.122 e. The maximum absolute atomic E-state index is 5.67. The van der Waals surface area contributed by atoms with Crippen LogP contribution in [-0.2, 0) is 12.8 Å². The van der Waals surface area contributed by atoms with Crippen LogP contribution in [0.4, 0.5) is 0 Å². The van der Waals surface area contributed by atoms with Gasteiger partial charge >= 0.3 is 0 Å². The molecule has 1 aliphatic rings. The highest BCUT2D eigenvalue weighted by Gasteiger charge is 2.17. The van der Waals surface area contributed by atoms with Crippen LogP contribution in [-0.4, -0.2) is 20.2 Å². The van der Waals surface area contributed by atoms with E-state index in [2.05, 4.69) is 37.4 Å². The predicted octanol–water partition coefficient (Wildman–Crippen LogP) is 3.58. The lowest BCUT2D eigenvalue weighted by Gasteiger charge is -2.25. The standard InChI is InChI=1S/C17H27NO/c1-17(2,10-11-18-3)9-8-14-6-7-16-15(13-14)5-4-12-19-16/h6-7,13,18H,4-5,8-12H2,1-3H3. The molecule has 1 aliphatic heterocycles. The maximum atomic E-state index is 5.67. The van der Waals surface area contributed by atoms with Crippen LogP contribution < -0.4 is 10.1 Å². The van der Waals surface area contributed by atoms with Crippen LogP contribution >= 0.6 is 0 Å². The van der Waals surface area contributed by atoms with Gasteiger partial charge in [0.25, 0.3) is 0 Å². The van der Waals surface area contributed by atoms with Gasteiger partial charge in [-0.15, -0.1) is 0 Å². The van der Waals surface area contributed by atoms with Gasteiger partial charge in [-0.3, -0.25) is 0 Å². The Labute approximate surface area is 117 Å². The van der Waals surface area contributed by atoms with Crippen molar-refractivity contribution < 1.29 is 4.74 Å². The molecule has 0 aliphatic carbocycles. The van der Waals surface area contributed by atoms with Crippen LogP contribution in [0, 0.1) is 5.41 Å². The molecule has 0 unspecified atom stereocenters. The average molecular weight is 261 g/mol. The van der Waals surface area contributed by atoms with Crippen LogP contribution in [0.5, 0.6) is 5.75 Å². The molecule has 106 valence electrons. The van der Waals surface area contributed by atoms with Crippen molar-refractivity contribution in [2.45, 2.75) is 46.0 Å². The molecule has 1 aromatic rings.